The topological polar surface area (TPSA) is 73.9 Å². The number of unbranched alkanes of at least 4 members (excludes halogenated alkanes) is 1. The van der Waals surface area contributed by atoms with Gasteiger partial charge in [-0.1, -0.05) is 19.0 Å². The highest BCUT2D eigenvalue weighted by molar-refractivity contribution is 5.79. The fraction of sp³-hybridized carbons (Fsp3) is 0.917. The Hall–Kier alpha value is -0.810. The standard InChI is InChI=1S/C12H28N4O/c1-4-16(5-2)10-11(3)14-9-7-6-8-12(13)15-17/h11,14,17H,4-10H2,1-3H3,(H2,13,15). The fourth-order valence-corrected chi connectivity index (χ4v) is 1.76. The average molecular weight is 244 g/mol. The predicted molar refractivity (Wildman–Crippen MR) is 72.5 cm³/mol. The lowest BCUT2D eigenvalue weighted by atomic mass is 10.2. The number of likely N-dealkylation sites (N-methyl/N-ethyl adjacent to an activating group) is 1. The molecule has 0 heterocycles. The van der Waals surface area contributed by atoms with E-state index in [0.29, 0.717) is 18.3 Å². The highest BCUT2D eigenvalue weighted by atomic mass is 16.4. The highest BCUT2D eigenvalue weighted by Gasteiger charge is 2.05. The number of hydrogen-bond donors (Lipinski definition) is 3. The van der Waals surface area contributed by atoms with Crippen LogP contribution in [0.25, 0.3) is 0 Å². The molecular formula is C12H28N4O. The van der Waals surface area contributed by atoms with Crippen molar-refractivity contribution in [3.05, 3.63) is 0 Å². The first kappa shape index (κ1) is 16.2. The Balaban J connectivity index is 3.48. The molecule has 0 saturated carbocycles. The maximum atomic E-state index is 8.37. The predicted octanol–water partition coefficient (Wildman–Crippen LogP) is 1.22. The van der Waals surface area contributed by atoms with Crippen molar-refractivity contribution in [3.8, 4) is 0 Å². The summed E-state index contributed by atoms with van der Waals surface area (Å²) in [5.41, 5.74) is 5.39. The number of nitrogens with two attached hydrogens (primary N) is 1. The van der Waals surface area contributed by atoms with Crippen LogP contribution in [0.15, 0.2) is 5.16 Å². The summed E-state index contributed by atoms with van der Waals surface area (Å²) in [6.07, 6.45) is 2.68. The second-order valence-corrected chi connectivity index (χ2v) is 4.39. The highest BCUT2D eigenvalue weighted by Crippen LogP contribution is 1.96. The van der Waals surface area contributed by atoms with Crippen molar-refractivity contribution in [1.29, 1.82) is 0 Å². The molecule has 0 aromatic heterocycles. The van der Waals surface area contributed by atoms with E-state index in [4.69, 9.17) is 10.9 Å². The van der Waals surface area contributed by atoms with Crippen LogP contribution in [-0.2, 0) is 0 Å². The van der Waals surface area contributed by atoms with Crippen molar-refractivity contribution < 1.29 is 5.21 Å². The summed E-state index contributed by atoms with van der Waals surface area (Å²) in [5, 5.41) is 14.8. The maximum absolute atomic E-state index is 8.37. The van der Waals surface area contributed by atoms with Gasteiger partial charge in [-0.25, -0.2) is 0 Å². The number of oxime groups is 1. The zero-order chi connectivity index (χ0) is 13.1. The zero-order valence-corrected chi connectivity index (χ0v) is 11.4. The van der Waals surface area contributed by atoms with Crippen LogP contribution in [0.2, 0.25) is 0 Å². The van der Waals surface area contributed by atoms with E-state index < -0.39 is 0 Å². The van der Waals surface area contributed by atoms with Crippen molar-refractivity contribution in [1.82, 2.24) is 10.2 Å². The molecule has 0 amide bonds. The molecule has 1 atom stereocenters. The third kappa shape index (κ3) is 8.94. The van der Waals surface area contributed by atoms with Crippen LogP contribution in [-0.4, -0.2) is 48.2 Å². The first-order valence-corrected chi connectivity index (χ1v) is 6.56. The minimum Gasteiger partial charge on any atom is -0.409 e. The van der Waals surface area contributed by atoms with Crippen molar-refractivity contribution in [2.75, 3.05) is 26.2 Å². The van der Waals surface area contributed by atoms with Crippen LogP contribution in [0.5, 0.6) is 0 Å². The Bertz CT molecular complexity index is 205. The molecule has 0 radical (unpaired) electrons. The fourth-order valence-electron chi connectivity index (χ4n) is 1.76. The Morgan fingerprint density at radius 2 is 2.00 bits per heavy atom. The van der Waals surface area contributed by atoms with E-state index in [-0.39, 0.29) is 0 Å². The van der Waals surface area contributed by atoms with Gasteiger partial charge in [-0.15, -0.1) is 0 Å². The minimum absolute atomic E-state index is 0.321. The first-order chi connectivity index (χ1) is 8.13. The van der Waals surface area contributed by atoms with Crippen molar-refractivity contribution in [2.24, 2.45) is 10.9 Å². The van der Waals surface area contributed by atoms with Gasteiger partial charge in [0.25, 0.3) is 0 Å². The smallest absolute Gasteiger partial charge is 0.139 e. The molecule has 102 valence electrons. The van der Waals surface area contributed by atoms with Gasteiger partial charge in [-0.05, 0) is 39.4 Å². The van der Waals surface area contributed by atoms with E-state index in [1.54, 1.807) is 0 Å². The van der Waals surface area contributed by atoms with Crippen LogP contribution in [0, 0.1) is 0 Å². The van der Waals surface area contributed by atoms with E-state index in [0.717, 1.165) is 39.0 Å². The van der Waals surface area contributed by atoms with Crippen molar-refractivity contribution in [2.45, 2.75) is 46.1 Å². The van der Waals surface area contributed by atoms with Crippen molar-refractivity contribution in [3.63, 3.8) is 0 Å². The molecule has 5 nitrogen and oxygen atoms in total. The van der Waals surface area contributed by atoms with E-state index in [9.17, 15) is 0 Å². The average Bonchev–Trinajstić information content (AvgIpc) is 2.35. The Morgan fingerprint density at radius 3 is 2.53 bits per heavy atom. The van der Waals surface area contributed by atoms with Gasteiger partial charge in [0.15, 0.2) is 0 Å². The second kappa shape index (κ2) is 10.4. The van der Waals surface area contributed by atoms with Crippen LogP contribution >= 0.6 is 0 Å². The molecule has 0 spiro atoms. The molecular weight excluding hydrogens is 216 g/mol. The quantitative estimate of drug-likeness (QED) is 0.178. The molecule has 0 saturated heterocycles. The van der Waals surface area contributed by atoms with E-state index in [1.165, 1.54) is 0 Å². The summed E-state index contributed by atoms with van der Waals surface area (Å²) in [6.45, 7) is 10.9. The lowest BCUT2D eigenvalue weighted by Gasteiger charge is -2.23. The molecule has 4 N–H and O–H groups in total. The van der Waals surface area contributed by atoms with Crippen LogP contribution in [0.1, 0.15) is 40.0 Å². The van der Waals surface area contributed by atoms with Crippen LogP contribution in [0.3, 0.4) is 0 Å². The third-order valence-corrected chi connectivity index (χ3v) is 2.91. The lowest BCUT2D eigenvalue weighted by molar-refractivity contribution is 0.271. The summed E-state index contributed by atoms with van der Waals surface area (Å²) in [6, 6.07) is 0.513. The van der Waals surface area contributed by atoms with Gasteiger partial charge in [0.1, 0.15) is 5.84 Å². The first-order valence-electron chi connectivity index (χ1n) is 6.56. The third-order valence-electron chi connectivity index (χ3n) is 2.91. The summed E-state index contributed by atoms with van der Waals surface area (Å²) in [5.74, 6) is 0.321. The Morgan fingerprint density at radius 1 is 1.35 bits per heavy atom. The zero-order valence-electron chi connectivity index (χ0n) is 11.4. The van der Waals surface area contributed by atoms with E-state index in [1.807, 2.05) is 0 Å². The summed E-state index contributed by atoms with van der Waals surface area (Å²) >= 11 is 0. The van der Waals surface area contributed by atoms with Gasteiger partial charge in [0, 0.05) is 19.0 Å². The molecule has 0 aliphatic rings. The molecule has 0 aromatic rings. The molecule has 0 aromatic carbocycles. The summed E-state index contributed by atoms with van der Waals surface area (Å²) in [7, 11) is 0. The SMILES string of the molecule is CCN(CC)CC(C)NCCCCC(N)=NO. The minimum atomic E-state index is 0.321. The molecule has 0 rings (SSSR count). The number of nitrogens with zero attached hydrogens (tertiary/aromatic N) is 2. The van der Waals surface area contributed by atoms with E-state index in [2.05, 4.69) is 36.1 Å². The molecule has 0 aliphatic carbocycles. The molecule has 0 bridgehead atoms. The van der Waals surface area contributed by atoms with Gasteiger partial charge in [0.2, 0.25) is 0 Å². The lowest BCUT2D eigenvalue weighted by Crippen LogP contribution is -2.39. The summed E-state index contributed by atoms with van der Waals surface area (Å²) < 4.78 is 0. The number of amidine groups is 1. The number of nitrogens with one attached hydrogen (secondary N) is 1. The van der Waals surface area contributed by atoms with Gasteiger partial charge in [-0.2, -0.15) is 0 Å². The molecule has 5 heteroatoms. The van der Waals surface area contributed by atoms with Crippen molar-refractivity contribution >= 4 is 5.84 Å². The Kier molecular flexibility index (Phi) is 9.86. The van der Waals surface area contributed by atoms with Crippen LogP contribution < -0.4 is 11.1 Å². The summed E-state index contributed by atoms with van der Waals surface area (Å²) in [4.78, 5) is 2.41. The second-order valence-electron chi connectivity index (χ2n) is 4.39. The molecule has 1 unspecified atom stereocenters. The number of rotatable bonds is 10. The number of hydrogen-bond acceptors (Lipinski definition) is 4. The van der Waals surface area contributed by atoms with E-state index >= 15 is 0 Å². The van der Waals surface area contributed by atoms with Crippen LogP contribution in [0.4, 0.5) is 0 Å². The molecule has 0 fully saturated rings. The monoisotopic (exact) mass is 244 g/mol. The molecule has 17 heavy (non-hydrogen) atoms. The van der Waals surface area contributed by atoms with Gasteiger partial charge in [-0.3, -0.25) is 0 Å². The normalized spacial score (nSPS) is 14.2. The van der Waals surface area contributed by atoms with Gasteiger partial charge < -0.3 is 21.2 Å². The largest absolute Gasteiger partial charge is 0.409 e. The maximum Gasteiger partial charge on any atom is 0.139 e. The Labute approximate surface area is 105 Å². The molecule has 0 aliphatic heterocycles. The van der Waals surface area contributed by atoms with Gasteiger partial charge in [0.05, 0.1) is 0 Å². The van der Waals surface area contributed by atoms with Gasteiger partial charge >= 0.3 is 0 Å².